The molecule has 0 aliphatic carbocycles. The van der Waals surface area contributed by atoms with E-state index in [4.69, 9.17) is 39.1 Å². The Morgan fingerprint density at radius 1 is 1.14 bits per heavy atom. The van der Waals surface area contributed by atoms with Crippen LogP contribution in [0.15, 0.2) is 47.6 Å². The molecule has 2 rings (SSSR count). The highest BCUT2D eigenvalue weighted by molar-refractivity contribution is 6.35. The molecule has 0 saturated carbocycles. The van der Waals surface area contributed by atoms with Gasteiger partial charge < -0.3 is 14.8 Å². The molecule has 2 aromatic carbocycles. The molecule has 2 aromatic rings. The first-order valence-corrected chi connectivity index (χ1v) is 11.9. The number of hydrazone groups is 1. The van der Waals surface area contributed by atoms with Crippen LogP contribution in [-0.2, 0) is 9.59 Å². The molecule has 0 aromatic heterocycles. The second kappa shape index (κ2) is 14.9. The number of carbonyl (C=O) groups excluding carboxylic acids is 2. The van der Waals surface area contributed by atoms with Gasteiger partial charge in [0, 0.05) is 17.0 Å². The van der Waals surface area contributed by atoms with Crippen molar-refractivity contribution in [2.24, 2.45) is 11.0 Å². The van der Waals surface area contributed by atoms with Crippen molar-refractivity contribution < 1.29 is 19.1 Å². The summed E-state index contributed by atoms with van der Waals surface area (Å²) in [5, 5.41) is 7.72. The molecule has 0 fully saturated rings. The standard InChI is InChI=1S/C26H29Cl2N3O4/c1-4-13-34-23-9-6-5-8-19(23)17-29-31-26(33)22(15-18(2)3)30-25(32)10-7-14-35-24-12-11-20(27)16-21(24)28/h1,5-6,8-9,11-12,16-18,22H,7,10,13-15H2,2-3H3,(H,30,32)(H,31,33)/b29-17-/t22-/m1/s1. The van der Waals surface area contributed by atoms with Gasteiger partial charge in [0.25, 0.3) is 5.91 Å². The lowest BCUT2D eigenvalue weighted by Gasteiger charge is -2.19. The molecule has 2 N–H and O–H groups in total. The summed E-state index contributed by atoms with van der Waals surface area (Å²) in [6.07, 6.45) is 7.81. The number of terminal acetylenes is 1. The van der Waals surface area contributed by atoms with E-state index in [1.807, 2.05) is 26.0 Å². The van der Waals surface area contributed by atoms with Gasteiger partial charge in [-0.05, 0) is 49.1 Å². The third-order valence-electron chi connectivity index (χ3n) is 4.67. The average Bonchev–Trinajstić information content (AvgIpc) is 2.81. The summed E-state index contributed by atoms with van der Waals surface area (Å²) in [4.78, 5) is 25.1. The van der Waals surface area contributed by atoms with E-state index in [-0.39, 0.29) is 24.9 Å². The third kappa shape index (κ3) is 10.3. The molecule has 7 nitrogen and oxygen atoms in total. The Kier molecular flexibility index (Phi) is 12.0. The van der Waals surface area contributed by atoms with Crippen LogP contribution < -0.4 is 20.2 Å². The molecule has 9 heteroatoms. The molecule has 186 valence electrons. The van der Waals surface area contributed by atoms with Crippen LogP contribution in [0.5, 0.6) is 11.5 Å². The van der Waals surface area contributed by atoms with Crippen LogP contribution in [0, 0.1) is 18.3 Å². The van der Waals surface area contributed by atoms with Gasteiger partial charge in [0.05, 0.1) is 17.8 Å². The summed E-state index contributed by atoms with van der Waals surface area (Å²) in [5.74, 6) is 2.98. The minimum absolute atomic E-state index is 0.123. The number of amides is 2. The molecule has 0 heterocycles. The SMILES string of the molecule is C#CCOc1ccccc1/C=N\NC(=O)[C@@H](CC(C)C)NC(=O)CCCOc1ccc(Cl)cc1Cl. The second-order valence-electron chi connectivity index (χ2n) is 8.04. The van der Waals surface area contributed by atoms with E-state index in [2.05, 4.69) is 21.8 Å². The lowest BCUT2D eigenvalue weighted by Crippen LogP contribution is -2.46. The summed E-state index contributed by atoms with van der Waals surface area (Å²) in [6.45, 7) is 4.36. The molecule has 0 saturated heterocycles. The Labute approximate surface area is 216 Å². The van der Waals surface area contributed by atoms with Crippen LogP contribution >= 0.6 is 23.2 Å². The maximum Gasteiger partial charge on any atom is 0.262 e. The van der Waals surface area contributed by atoms with Crippen LogP contribution in [0.1, 0.15) is 38.7 Å². The number of ether oxygens (including phenoxy) is 2. The first-order valence-electron chi connectivity index (χ1n) is 11.2. The molecule has 0 radical (unpaired) electrons. The van der Waals surface area contributed by atoms with E-state index in [0.717, 1.165) is 0 Å². The summed E-state index contributed by atoms with van der Waals surface area (Å²) in [6, 6.07) is 11.4. The van der Waals surface area contributed by atoms with E-state index in [1.165, 1.54) is 6.21 Å². The summed E-state index contributed by atoms with van der Waals surface area (Å²) in [7, 11) is 0. The summed E-state index contributed by atoms with van der Waals surface area (Å²) < 4.78 is 11.1. The van der Waals surface area contributed by atoms with Gasteiger partial charge in [0.15, 0.2) is 0 Å². The molecule has 2 amide bonds. The van der Waals surface area contributed by atoms with Gasteiger partial charge in [0.1, 0.15) is 24.1 Å². The Morgan fingerprint density at radius 2 is 1.91 bits per heavy atom. The van der Waals surface area contributed by atoms with E-state index in [9.17, 15) is 9.59 Å². The molecular formula is C26H29Cl2N3O4. The highest BCUT2D eigenvalue weighted by atomic mass is 35.5. The fraction of sp³-hybridized carbons (Fsp3) is 0.346. The number of nitrogens with one attached hydrogen (secondary N) is 2. The van der Waals surface area contributed by atoms with Gasteiger partial charge >= 0.3 is 0 Å². The van der Waals surface area contributed by atoms with Gasteiger partial charge in [-0.25, -0.2) is 5.43 Å². The number of rotatable bonds is 13. The van der Waals surface area contributed by atoms with Crippen LogP contribution in [-0.4, -0.2) is 37.3 Å². The van der Waals surface area contributed by atoms with Crippen molar-refractivity contribution >= 4 is 41.2 Å². The molecule has 35 heavy (non-hydrogen) atoms. The number of nitrogens with zero attached hydrogens (tertiary/aromatic N) is 1. The van der Waals surface area contributed by atoms with Gasteiger partial charge in [0.2, 0.25) is 5.91 Å². The van der Waals surface area contributed by atoms with Gasteiger partial charge in [-0.3, -0.25) is 9.59 Å². The lowest BCUT2D eigenvalue weighted by molar-refractivity contribution is -0.129. The number of hydrogen-bond donors (Lipinski definition) is 2. The van der Waals surface area contributed by atoms with Gasteiger partial charge in [-0.2, -0.15) is 5.10 Å². The summed E-state index contributed by atoms with van der Waals surface area (Å²) in [5.41, 5.74) is 3.16. The van der Waals surface area contributed by atoms with Crippen LogP contribution in [0.2, 0.25) is 10.0 Å². The molecule has 0 aliphatic rings. The highest BCUT2D eigenvalue weighted by Crippen LogP contribution is 2.27. The van der Waals surface area contributed by atoms with Gasteiger partial charge in [-0.15, -0.1) is 6.42 Å². The molecule has 0 unspecified atom stereocenters. The molecule has 0 aliphatic heterocycles. The van der Waals surface area contributed by atoms with E-state index in [0.29, 0.717) is 46.6 Å². The van der Waals surface area contributed by atoms with E-state index < -0.39 is 11.9 Å². The minimum Gasteiger partial charge on any atom is -0.492 e. The highest BCUT2D eigenvalue weighted by Gasteiger charge is 2.21. The third-order valence-corrected chi connectivity index (χ3v) is 5.20. The zero-order valence-corrected chi connectivity index (χ0v) is 21.2. The number of benzene rings is 2. The normalized spacial score (nSPS) is 11.7. The van der Waals surface area contributed by atoms with Crippen molar-refractivity contribution in [3.8, 4) is 23.8 Å². The zero-order valence-electron chi connectivity index (χ0n) is 19.7. The van der Waals surface area contributed by atoms with Crippen LogP contribution in [0.4, 0.5) is 0 Å². The Bertz CT molecular complexity index is 1070. The maximum atomic E-state index is 12.7. The van der Waals surface area contributed by atoms with Crippen molar-refractivity contribution in [2.75, 3.05) is 13.2 Å². The second-order valence-corrected chi connectivity index (χ2v) is 8.88. The monoisotopic (exact) mass is 517 g/mol. The van der Waals surface area contributed by atoms with E-state index in [1.54, 1.807) is 30.3 Å². The van der Waals surface area contributed by atoms with Crippen LogP contribution in [0.25, 0.3) is 0 Å². The lowest BCUT2D eigenvalue weighted by atomic mass is 10.0. The Balaban J connectivity index is 1.86. The number of para-hydroxylation sites is 1. The minimum atomic E-state index is -0.723. The fourth-order valence-electron chi connectivity index (χ4n) is 3.06. The maximum absolute atomic E-state index is 12.7. The number of halogens is 2. The quantitative estimate of drug-likeness (QED) is 0.172. The smallest absolute Gasteiger partial charge is 0.262 e. The van der Waals surface area contributed by atoms with Crippen molar-refractivity contribution in [3.05, 3.63) is 58.1 Å². The Hall–Kier alpha value is -3.21. The largest absolute Gasteiger partial charge is 0.492 e. The van der Waals surface area contributed by atoms with Crippen molar-refractivity contribution in [2.45, 2.75) is 39.2 Å². The van der Waals surface area contributed by atoms with Crippen molar-refractivity contribution in [1.29, 1.82) is 0 Å². The molecule has 0 bridgehead atoms. The molecule has 0 spiro atoms. The summed E-state index contributed by atoms with van der Waals surface area (Å²) >= 11 is 11.9. The first kappa shape index (κ1) is 28.0. The van der Waals surface area contributed by atoms with Gasteiger partial charge in [-0.1, -0.05) is 55.1 Å². The predicted octanol–water partition coefficient (Wildman–Crippen LogP) is 4.85. The van der Waals surface area contributed by atoms with E-state index >= 15 is 0 Å². The fourth-order valence-corrected chi connectivity index (χ4v) is 3.52. The average molecular weight is 518 g/mol. The Morgan fingerprint density at radius 3 is 2.63 bits per heavy atom. The predicted molar refractivity (Wildman–Crippen MR) is 139 cm³/mol. The topological polar surface area (TPSA) is 89.0 Å². The van der Waals surface area contributed by atoms with Crippen LogP contribution in [0.3, 0.4) is 0 Å². The zero-order chi connectivity index (χ0) is 25.6. The molecule has 1 atom stereocenters. The molecular weight excluding hydrogens is 489 g/mol. The number of carbonyl (C=O) groups is 2. The van der Waals surface area contributed by atoms with Crippen molar-refractivity contribution in [3.63, 3.8) is 0 Å². The number of hydrogen-bond acceptors (Lipinski definition) is 5. The van der Waals surface area contributed by atoms with Crippen molar-refractivity contribution in [1.82, 2.24) is 10.7 Å². The first-order chi connectivity index (χ1) is 16.8.